The number of hydrogen-bond donors (Lipinski definition) is 0. The highest BCUT2D eigenvalue weighted by molar-refractivity contribution is 6.15. The molecule has 1 aliphatic rings. The van der Waals surface area contributed by atoms with Gasteiger partial charge in [0.1, 0.15) is 5.92 Å². The summed E-state index contributed by atoms with van der Waals surface area (Å²) in [6.45, 7) is 5.18. The van der Waals surface area contributed by atoms with Gasteiger partial charge in [0.2, 0.25) is 0 Å². The fourth-order valence-electron chi connectivity index (χ4n) is 5.53. The van der Waals surface area contributed by atoms with Crippen molar-refractivity contribution in [2.24, 2.45) is 17.8 Å². The smallest absolute Gasteiger partial charge is 0.316 e. The van der Waals surface area contributed by atoms with Crippen molar-refractivity contribution in [2.45, 2.75) is 33.1 Å². The van der Waals surface area contributed by atoms with Crippen LogP contribution in [-0.2, 0) is 9.53 Å². The summed E-state index contributed by atoms with van der Waals surface area (Å²) in [5.74, 6) is -0.535. The van der Waals surface area contributed by atoms with Gasteiger partial charge in [-0.2, -0.15) is 0 Å². The zero-order valence-electron chi connectivity index (χ0n) is 23.0. The summed E-state index contributed by atoms with van der Waals surface area (Å²) >= 11 is 0. The van der Waals surface area contributed by atoms with Gasteiger partial charge >= 0.3 is 5.97 Å². The van der Waals surface area contributed by atoms with Gasteiger partial charge in [0, 0.05) is 41.9 Å². The lowest BCUT2D eigenvalue weighted by molar-refractivity contribution is -0.147. The molecule has 8 nitrogen and oxygen atoms in total. The Morgan fingerprint density at radius 2 is 1.72 bits per heavy atom. The number of fused-ring (bicyclic) bond motifs is 1. The maximum atomic E-state index is 14.0. The molecule has 1 amide bonds. The Balaban J connectivity index is 1.60. The molecule has 1 aliphatic heterocycles. The number of benzene rings is 2. The Morgan fingerprint density at radius 1 is 1.00 bits per heavy atom. The van der Waals surface area contributed by atoms with Gasteiger partial charge in [0.05, 0.1) is 26.3 Å². The molecule has 8 heteroatoms. The lowest BCUT2D eigenvalue weighted by Gasteiger charge is -2.39. The van der Waals surface area contributed by atoms with Crippen LogP contribution < -0.4 is 9.47 Å². The lowest BCUT2D eigenvalue weighted by atomic mass is 9.76. The van der Waals surface area contributed by atoms with Crippen molar-refractivity contribution in [2.75, 3.05) is 33.9 Å². The van der Waals surface area contributed by atoms with Crippen molar-refractivity contribution in [1.29, 1.82) is 0 Å². The number of pyridine rings is 1. The number of ketones is 1. The molecule has 1 fully saturated rings. The molecule has 3 aromatic rings. The van der Waals surface area contributed by atoms with Crippen LogP contribution in [-0.4, -0.2) is 61.5 Å². The topological polar surface area (TPSA) is 95.0 Å². The molecule has 0 spiro atoms. The van der Waals surface area contributed by atoms with Gasteiger partial charge in [-0.1, -0.05) is 31.5 Å². The molecule has 0 aliphatic carbocycles. The van der Waals surface area contributed by atoms with E-state index in [1.165, 1.54) is 7.11 Å². The average Bonchev–Trinajstić information content (AvgIpc) is 2.98. The minimum atomic E-state index is -0.959. The number of ether oxygens (including phenoxy) is 3. The van der Waals surface area contributed by atoms with Gasteiger partial charge in [0.15, 0.2) is 17.3 Å². The van der Waals surface area contributed by atoms with Crippen molar-refractivity contribution in [3.63, 3.8) is 0 Å². The first-order valence-electron chi connectivity index (χ1n) is 13.5. The van der Waals surface area contributed by atoms with E-state index in [2.05, 4.69) is 11.9 Å². The molecule has 2 aromatic carbocycles. The standard InChI is InChI=1S/C31H36N2O6/c1-5-20-19-33(30(35)21-10-8-7-9-11-21)15-13-22(20)16-25(31(36)39-6-2)29(34)23-12-14-32-26-18-28(38-4)27(37-3)17-24(23)26/h7-12,14,17-18,20,22,25H,5-6,13,15-16,19H2,1-4H3. The molecule has 2 heterocycles. The molecule has 0 radical (unpaired) electrons. The fraction of sp³-hybridized carbons (Fsp3) is 0.419. The Hall–Kier alpha value is -3.94. The highest BCUT2D eigenvalue weighted by Crippen LogP contribution is 2.36. The van der Waals surface area contributed by atoms with Crippen LogP contribution in [0.3, 0.4) is 0 Å². The summed E-state index contributed by atoms with van der Waals surface area (Å²) in [5, 5.41) is 0.588. The first kappa shape index (κ1) is 28.1. The first-order chi connectivity index (χ1) is 18.9. The summed E-state index contributed by atoms with van der Waals surface area (Å²) < 4.78 is 16.2. The van der Waals surface area contributed by atoms with Gasteiger partial charge in [0.25, 0.3) is 5.91 Å². The predicted octanol–water partition coefficient (Wildman–Crippen LogP) is 5.19. The van der Waals surface area contributed by atoms with Gasteiger partial charge in [-0.15, -0.1) is 0 Å². The van der Waals surface area contributed by atoms with Gasteiger partial charge in [-0.05, 0) is 55.9 Å². The van der Waals surface area contributed by atoms with E-state index in [9.17, 15) is 14.4 Å². The number of carbonyl (C=O) groups is 3. The molecule has 4 rings (SSSR count). The third-order valence-electron chi connectivity index (χ3n) is 7.66. The number of amides is 1. The number of Topliss-reactive ketones (excluding diaryl/α,β-unsaturated/α-hetero) is 1. The van der Waals surface area contributed by atoms with Crippen LogP contribution in [0.15, 0.2) is 54.7 Å². The number of methoxy groups -OCH3 is 2. The van der Waals surface area contributed by atoms with E-state index >= 15 is 0 Å². The predicted molar refractivity (Wildman–Crippen MR) is 148 cm³/mol. The van der Waals surface area contributed by atoms with Crippen molar-refractivity contribution < 1.29 is 28.6 Å². The number of likely N-dealkylation sites (tertiary alicyclic amines) is 1. The van der Waals surface area contributed by atoms with E-state index in [-0.39, 0.29) is 30.1 Å². The first-order valence-corrected chi connectivity index (χ1v) is 13.5. The maximum absolute atomic E-state index is 14.0. The zero-order valence-corrected chi connectivity index (χ0v) is 23.0. The quantitative estimate of drug-likeness (QED) is 0.201. The number of rotatable bonds is 10. The van der Waals surface area contributed by atoms with Gasteiger partial charge < -0.3 is 19.1 Å². The molecule has 3 unspecified atom stereocenters. The Kier molecular flexibility index (Phi) is 9.17. The molecular weight excluding hydrogens is 496 g/mol. The SMILES string of the molecule is CCOC(=O)C(CC1CCN(C(=O)c2ccccc2)CC1CC)C(=O)c1ccnc2cc(OC)c(OC)cc12. The van der Waals surface area contributed by atoms with Crippen molar-refractivity contribution in [3.8, 4) is 11.5 Å². The summed E-state index contributed by atoms with van der Waals surface area (Å²) in [4.78, 5) is 46.5. The Labute approximate surface area is 229 Å². The molecule has 3 atom stereocenters. The average molecular weight is 533 g/mol. The second-order valence-electron chi connectivity index (χ2n) is 9.82. The van der Waals surface area contributed by atoms with E-state index < -0.39 is 11.9 Å². The summed E-state index contributed by atoms with van der Waals surface area (Å²) in [7, 11) is 3.07. The largest absolute Gasteiger partial charge is 0.493 e. The molecular formula is C31H36N2O6. The highest BCUT2D eigenvalue weighted by atomic mass is 16.5. The van der Waals surface area contributed by atoms with Crippen LogP contribution in [0, 0.1) is 17.8 Å². The molecule has 0 N–H and O–H groups in total. The van der Waals surface area contributed by atoms with E-state index in [0.29, 0.717) is 59.5 Å². The van der Waals surface area contributed by atoms with Crippen LogP contribution in [0.4, 0.5) is 0 Å². The second kappa shape index (κ2) is 12.7. The summed E-state index contributed by atoms with van der Waals surface area (Å²) in [6, 6.07) is 14.4. The van der Waals surface area contributed by atoms with Crippen LogP contribution in [0.5, 0.6) is 11.5 Å². The maximum Gasteiger partial charge on any atom is 0.316 e. The third kappa shape index (κ3) is 6.05. The number of esters is 1. The fourth-order valence-corrected chi connectivity index (χ4v) is 5.53. The molecule has 1 aromatic heterocycles. The van der Waals surface area contributed by atoms with Crippen LogP contribution >= 0.6 is 0 Å². The summed E-state index contributed by atoms with van der Waals surface area (Å²) in [5.41, 5.74) is 1.63. The number of piperidine rings is 1. The van der Waals surface area contributed by atoms with Crippen molar-refractivity contribution in [1.82, 2.24) is 9.88 Å². The van der Waals surface area contributed by atoms with E-state index in [0.717, 1.165) is 6.42 Å². The Bertz CT molecular complexity index is 1330. The van der Waals surface area contributed by atoms with E-state index in [1.807, 2.05) is 35.2 Å². The van der Waals surface area contributed by atoms with Crippen LogP contribution in [0.25, 0.3) is 10.9 Å². The van der Waals surface area contributed by atoms with Crippen LogP contribution in [0.2, 0.25) is 0 Å². The second-order valence-corrected chi connectivity index (χ2v) is 9.82. The minimum absolute atomic E-state index is 0.0122. The zero-order chi connectivity index (χ0) is 27.9. The third-order valence-corrected chi connectivity index (χ3v) is 7.66. The minimum Gasteiger partial charge on any atom is -0.493 e. The molecule has 0 bridgehead atoms. The molecule has 1 saturated heterocycles. The molecule has 0 saturated carbocycles. The van der Waals surface area contributed by atoms with Crippen LogP contribution in [0.1, 0.15) is 53.8 Å². The highest BCUT2D eigenvalue weighted by Gasteiger charge is 2.38. The monoisotopic (exact) mass is 532 g/mol. The lowest BCUT2D eigenvalue weighted by Crippen LogP contribution is -2.45. The molecule has 206 valence electrons. The number of nitrogens with zero attached hydrogens (tertiary/aromatic N) is 2. The Morgan fingerprint density at radius 3 is 2.38 bits per heavy atom. The summed E-state index contributed by atoms with van der Waals surface area (Å²) in [6.07, 6.45) is 3.47. The van der Waals surface area contributed by atoms with Gasteiger partial charge in [-0.25, -0.2) is 0 Å². The number of aromatic nitrogens is 1. The number of hydrogen-bond acceptors (Lipinski definition) is 7. The molecule has 39 heavy (non-hydrogen) atoms. The van der Waals surface area contributed by atoms with Crippen molar-refractivity contribution in [3.05, 3.63) is 65.9 Å². The van der Waals surface area contributed by atoms with E-state index in [1.54, 1.807) is 38.4 Å². The van der Waals surface area contributed by atoms with Gasteiger partial charge in [-0.3, -0.25) is 19.4 Å². The van der Waals surface area contributed by atoms with E-state index in [4.69, 9.17) is 14.2 Å². The number of carbonyl (C=O) groups excluding carboxylic acids is 3. The normalized spacial score (nSPS) is 17.9. The van der Waals surface area contributed by atoms with Crippen molar-refractivity contribution >= 4 is 28.6 Å².